The monoisotopic (exact) mass is 452 g/mol. The van der Waals surface area contributed by atoms with Crippen LogP contribution in [0.1, 0.15) is 12.8 Å². The van der Waals surface area contributed by atoms with Crippen LogP contribution in [0.4, 0.5) is 5.88 Å². The fourth-order valence-electron chi connectivity index (χ4n) is 3.10. The van der Waals surface area contributed by atoms with Crippen LogP contribution >= 0.6 is 23.2 Å². The first-order chi connectivity index (χ1) is 13.9. The van der Waals surface area contributed by atoms with Gasteiger partial charge in [0.2, 0.25) is 26.6 Å². The van der Waals surface area contributed by atoms with Crippen LogP contribution in [0, 0.1) is 0 Å². The molecule has 1 fully saturated rings. The standard InChI is InChI=1S/C20H18Cl2N2O4S/c21-13-8-9-16(17(22)11-13)18-24-20(29(25,26)15-6-2-1-3-7-15)19(28-18)23-12-14-5-4-10-27-14/h1-3,6-9,11,14,23H,4-5,10,12H2. The zero-order valence-electron chi connectivity index (χ0n) is 15.3. The third kappa shape index (κ3) is 4.28. The molecule has 4 rings (SSSR count). The highest BCUT2D eigenvalue weighted by atomic mass is 35.5. The minimum Gasteiger partial charge on any atom is -0.419 e. The summed E-state index contributed by atoms with van der Waals surface area (Å²) in [5.41, 5.74) is 0.450. The van der Waals surface area contributed by atoms with Crippen molar-refractivity contribution < 1.29 is 17.6 Å². The first-order valence-corrected chi connectivity index (χ1v) is 11.3. The first kappa shape index (κ1) is 20.2. The lowest BCUT2D eigenvalue weighted by atomic mass is 10.2. The third-order valence-corrected chi connectivity index (χ3v) is 6.81. The molecule has 1 N–H and O–H groups in total. The van der Waals surface area contributed by atoms with Gasteiger partial charge in [0, 0.05) is 18.2 Å². The van der Waals surface area contributed by atoms with E-state index in [1.807, 2.05) is 0 Å². The summed E-state index contributed by atoms with van der Waals surface area (Å²) < 4.78 is 37.8. The van der Waals surface area contributed by atoms with Gasteiger partial charge in [-0.2, -0.15) is 4.98 Å². The van der Waals surface area contributed by atoms with Crippen LogP contribution in [0.25, 0.3) is 11.5 Å². The van der Waals surface area contributed by atoms with Gasteiger partial charge >= 0.3 is 0 Å². The van der Waals surface area contributed by atoms with E-state index in [-0.39, 0.29) is 27.8 Å². The molecule has 29 heavy (non-hydrogen) atoms. The molecule has 152 valence electrons. The van der Waals surface area contributed by atoms with Crippen LogP contribution in [0.3, 0.4) is 0 Å². The Hall–Kier alpha value is -2.06. The van der Waals surface area contributed by atoms with Gasteiger partial charge < -0.3 is 14.5 Å². The smallest absolute Gasteiger partial charge is 0.233 e. The Morgan fingerprint density at radius 3 is 2.62 bits per heavy atom. The Morgan fingerprint density at radius 2 is 1.93 bits per heavy atom. The molecule has 6 nitrogen and oxygen atoms in total. The van der Waals surface area contributed by atoms with Crippen LogP contribution in [-0.2, 0) is 14.6 Å². The first-order valence-electron chi connectivity index (χ1n) is 9.07. The van der Waals surface area contributed by atoms with Crippen molar-refractivity contribution in [1.82, 2.24) is 4.98 Å². The van der Waals surface area contributed by atoms with Gasteiger partial charge in [0.05, 0.1) is 21.6 Å². The van der Waals surface area contributed by atoms with Crippen molar-refractivity contribution in [2.24, 2.45) is 0 Å². The van der Waals surface area contributed by atoms with Crippen LogP contribution < -0.4 is 5.32 Å². The molecule has 1 atom stereocenters. The summed E-state index contributed by atoms with van der Waals surface area (Å²) in [6, 6.07) is 12.9. The molecule has 2 heterocycles. The highest BCUT2D eigenvalue weighted by Gasteiger charge is 2.29. The second-order valence-electron chi connectivity index (χ2n) is 6.61. The minimum atomic E-state index is -3.90. The Morgan fingerprint density at radius 1 is 1.14 bits per heavy atom. The van der Waals surface area contributed by atoms with Crippen LogP contribution in [-0.4, -0.2) is 32.7 Å². The maximum Gasteiger partial charge on any atom is 0.233 e. The summed E-state index contributed by atoms with van der Waals surface area (Å²) in [5, 5.41) is 3.63. The van der Waals surface area contributed by atoms with Crippen molar-refractivity contribution in [3.63, 3.8) is 0 Å². The molecule has 9 heteroatoms. The predicted octanol–water partition coefficient (Wildman–Crippen LogP) is 5.07. The molecule has 0 saturated carbocycles. The maximum absolute atomic E-state index is 13.2. The molecule has 2 aromatic carbocycles. The van der Waals surface area contributed by atoms with Crippen molar-refractivity contribution >= 4 is 38.9 Å². The molecule has 1 aliphatic rings. The number of rotatable bonds is 6. The number of sulfone groups is 1. The molecule has 1 aliphatic heterocycles. The van der Waals surface area contributed by atoms with Gasteiger partial charge in [-0.1, -0.05) is 41.4 Å². The molecule has 1 unspecified atom stereocenters. The Labute approximate surface area is 178 Å². The van der Waals surface area contributed by atoms with Gasteiger partial charge in [-0.25, -0.2) is 8.42 Å². The van der Waals surface area contributed by atoms with E-state index >= 15 is 0 Å². The van der Waals surface area contributed by atoms with Crippen molar-refractivity contribution in [2.45, 2.75) is 28.9 Å². The minimum absolute atomic E-state index is 0.00468. The lowest BCUT2D eigenvalue weighted by Gasteiger charge is -2.10. The average molecular weight is 453 g/mol. The average Bonchev–Trinajstić information content (AvgIpc) is 3.37. The van der Waals surface area contributed by atoms with Gasteiger partial charge in [-0.05, 0) is 43.2 Å². The number of oxazole rings is 1. The molecule has 0 radical (unpaired) electrons. The van der Waals surface area contributed by atoms with E-state index in [0.717, 1.165) is 12.8 Å². The third-order valence-electron chi connectivity index (χ3n) is 4.58. The topological polar surface area (TPSA) is 81.4 Å². The number of benzene rings is 2. The number of ether oxygens (including phenoxy) is 1. The fourth-order valence-corrected chi connectivity index (χ4v) is 4.89. The van der Waals surface area contributed by atoms with E-state index in [0.29, 0.717) is 28.8 Å². The normalized spacial score (nSPS) is 16.8. The quantitative estimate of drug-likeness (QED) is 0.561. The number of anilines is 1. The van der Waals surface area contributed by atoms with E-state index in [1.165, 1.54) is 12.1 Å². The Balaban J connectivity index is 1.76. The maximum atomic E-state index is 13.2. The van der Waals surface area contributed by atoms with E-state index in [2.05, 4.69) is 10.3 Å². The number of nitrogens with zero attached hydrogens (tertiary/aromatic N) is 1. The summed E-state index contributed by atoms with van der Waals surface area (Å²) in [5.74, 6) is 0.154. The van der Waals surface area contributed by atoms with E-state index in [9.17, 15) is 8.42 Å². The highest BCUT2D eigenvalue weighted by molar-refractivity contribution is 7.91. The van der Waals surface area contributed by atoms with Gasteiger partial charge in [-0.15, -0.1) is 0 Å². The molecule has 0 spiro atoms. The second kappa shape index (κ2) is 8.36. The molecule has 1 saturated heterocycles. The molecular formula is C20H18Cl2N2O4S. The summed E-state index contributed by atoms with van der Waals surface area (Å²) in [7, 11) is -3.90. The fraction of sp³-hybridized carbons (Fsp3) is 0.250. The lowest BCUT2D eigenvalue weighted by Crippen LogP contribution is -2.19. The van der Waals surface area contributed by atoms with Crippen LogP contribution in [0.5, 0.6) is 0 Å². The van der Waals surface area contributed by atoms with E-state index in [4.69, 9.17) is 32.4 Å². The zero-order chi connectivity index (χ0) is 20.4. The Kier molecular flexibility index (Phi) is 5.83. The molecule has 0 amide bonds. The van der Waals surface area contributed by atoms with E-state index in [1.54, 1.807) is 36.4 Å². The predicted molar refractivity (Wildman–Crippen MR) is 111 cm³/mol. The van der Waals surface area contributed by atoms with Gasteiger partial charge in [-0.3, -0.25) is 0 Å². The second-order valence-corrected chi connectivity index (χ2v) is 9.32. The molecule has 3 aromatic rings. The van der Waals surface area contributed by atoms with E-state index < -0.39 is 9.84 Å². The number of hydrogen-bond acceptors (Lipinski definition) is 6. The highest BCUT2D eigenvalue weighted by Crippen LogP contribution is 2.36. The van der Waals surface area contributed by atoms with Crippen molar-refractivity contribution in [1.29, 1.82) is 0 Å². The molecule has 1 aromatic heterocycles. The van der Waals surface area contributed by atoms with Gasteiger partial charge in [0.25, 0.3) is 0 Å². The summed E-state index contributed by atoms with van der Waals surface area (Å²) in [6.45, 7) is 1.11. The molecule has 0 bridgehead atoms. The SMILES string of the molecule is O=S(=O)(c1ccccc1)c1nc(-c2ccc(Cl)cc2Cl)oc1NCC1CCCO1. The largest absolute Gasteiger partial charge is 0.419 e. The number of hydrogen-bond donors (Lipinski definition) is 1. The Bertz CT molecular complexity index is 1110. The number of halogens is 2. The summed E-state index contributed by atoms with van der Waals surface area (Å²) in [6.07, 6.45) is 1.87. The summed E-state index contributed by atoms with van der Waals surface area (Å²) >= 11 is 12.2. The van der Waals surface area contributed by atoms with Crippen molar-refractivity contribution in [3.8, 4) is 11.5 Å². The van der Waals surface area contributed by atoms with Crippen LogP contribution in [0.2, 0.25) is 10.0 Å². The molecule has 0 aliphatic carbocycles. The van der Waals surface area contributed by atoms with Gasteiger partial charge in [0.15, 0.2) is 0 Å². The lowest BCUT2D eigenvalue weighted by molar-refractivity contribution is 0.120. The number of aromatic nitrogens is 1. The van der Waals surface area contributed by atoms with Crippen molar-refractivity contribution in [2.75, 3.05) is 18.5 Å². The summed E-state index contributed by atoms with van der Waals surface area (Å²) in [4.78, 5) is 4.41. The van der Waals surface area contributed by atoms with Crippen LogP contribution in [0.15, 0.2) is 62.9 Å². The van der Waals surface area contributed by atoms with Gasteiger partial charge in [0.1, 0.15) is 0 Å². The molecular weight excluding hydrogens is 435 g/mol. The zero-order valence-corrected chi connectivity index (χ0v) is 17.6. The number of nitrogens with one attached hydrogen (secondary N) is 1. The van der Waals surface area contributed by atoms with Crippen molar-refractivity contribution in [3.05, 3.63) is 58.6 Å².